The molecule has 2 nitrogen and oxygen atoms in total. The zero-order valence-corrected chi connectivity index (χ0v) is 24.8. The number of ether oxygens (including phenoxy) is 2. The van der Waals surface area contributed by atoms with Crippen LogP contribution in [0.25, 0.3) is 11.1 Å². The van der Waals surface area contributed by atoms with Crippen LogP contribution in [-0.4, -0.2) is 13.2 Å². The largest absolute Gasteiger partial charge is 0.494 e. The summed E-state index contributed by atoms with van der Waals surface area (Å²) in [6.07, 6.45) is 0. The molecule has 202 valence electrons. The maximum absolute atomic E-state index is 5.85. The first-order chi connectivity index (χ1) is 18.5. The van der Waals surface area contributed by atoms with E-state index in [1.54, 1.807) is 0 Å². The van der Waals surface area contributed by atoms with E-state index in [2.05, 4.69) is 126 Å². The van der Waals surface area contributed by atoms with Gasteiger partial charge < -0.3 is 9.47 Å². The summed E-state index contributed by atoms with van der Waals surface area (Å²) in [6.45, 7) is 19.1. The van der Waals surface area contributed by atoms with Gasteiger partial charge in [-0.25, -0.2) is 0 Å². The molecule has 4 aromatic carbocycles. The SMILES string of the molecule is CCOc1ccc(C2(c3ccc(OCC)cc3)c3cc(C(C)(C)C)ccc3-c3ccc(C(C)(C)C)cc32)cc1. The molecule has 0 amide bonds. The number of rotatable bonds is 6. The lowest BCUT2D eigenvalue weighted by Gasteiger charge is -2.35. The average Bonchev–Trinajstić information content (AvgIpc) is 3.19. The third-order valence-corrected chi connectivity index (χ3v) is 8.07. The molecule has 0 saturated carbocycles. The predicted molar refractivity (Wildman–Crippen MR) is 163 cm³/mol. The van der Waals surface area contributed by atoms with Crippen LogP contribution in [0.3, 0.4) is 0 Å². The lowest BCUT2D eigenvalue weighted by Crippen LogP contribution is -2.29. The zero-order chi connectivity index (χ0) is 28.0. The molecule has 4 aromatic rings. The van der Waals surface area contributed by atoms with Crippen LogP contribution >= 0.6 is 0 Å². The molecule has 1 aliphatic carbocycles. The normalized spacial score (nSPS) is 14.1. The first-order valence-corrected chi connectivity index (χ1v) is 14.3. The highest BCUT2D eigenvalue weighted by molar-refractivity contribution is 5.87. The summed E-state index contributed by atoms with van der Waals surface area (Å²) in [6, 6.07) is 31.7. The average molecular weight is 519 g/mol. The lowest BCUT2D eigenvalue weighted by atomic mass is 9.66. The summed E-state index contributed by atoms with van der Waals surface area (Å²) in [5.74, 6) is 1.79. The van der Waals surface area contributed by atoms with Crippen LogP contribution in [0.4, 0.5) is 0 Å². The van der Waals surface area contributed by atoms with Gasteiger partial charge in [0.25, 0.3) is 0 Å². The van der Waals surface area contributed by atoms with Crippen molar-refractivity contribution in [2.75, 3.05) is 13.2 Å². The second kappa shape index (κ2) is 9.90. The highest BCUT2D eigenvalue weighted by atomic mass is 16.5. The van der Waals surface area contributed by atoms with Gasteiger partial charge >= 0.3 is 0 Å². The molecule has 0 radical (unpaired) electrons. The van der Waals surface area contributed by atoms with Crippen LogP contribution in [0, 0.1) is 0 Å². The van der Waals surface area contributed by atoms with Gasteiger partial charge in [-0.2, -0.15) is 0 Å². The van der Waals surface area contributed by atoms with E-state index in [9.17, 15) is 0 Å². The summed E-state index contributed by atoms with van der Waals surface area (Å²) < 4.78 is 11.7. The summed E-state index contributed by atoms with van der Waals surface area (Å²) in [5, 5.41) is 0. The van der Waals surface area contributed by atoms with Gasteiger partial charge in [0, 0.05) is 0 Å². The van der Waals surface area contributed by atoms with Crippen molar-refractivity contribution >= 4 is 0 Å². The van der Waals surface area contributed by atoms with Crippen molar-refractivity contribution in [3.63, 3.8) is 0 Å². The van der Waals surface area contributed by atoms with Gasteiger partial charge in [-0.15, -0.1) is 0 Å². The van der Waals surface area contributed by atoms with E-state index in [0.29, 0.717) is 13.2 Å². The third-order valence-electron chi connectivity index (χ3n) is 8.07. The smallest absolute Gasteiger partial charge is 0.119 e. The monoisotopic (exact) mass is 518 g/mol. The molecule has 1 aliphatic rings. The molecule has 0 unspecified atom stereocenters. The maximum Gasteiger partial charge on any atom is 0.119 e. The van der Waals surface area contributed by atoms with Crippen molar-refractivity contribution in [2.24, 2.45) is 0 Å². The second-order valence-electron chi connectivity index (χ2n) is 12.7. The lowest BCUT2D eigenvalue weighted by molar-refractivity contribution is 0.340. The van der Waals surface area contributed by atoms with E-state index < -0.39 is 5.41 Å². The molecule has 0 fully saturated rings. The van der Waals surface area contributed by atoms with Crippen molar-refractivity contribution in [1.82, 2.24) is 0 Å². The molecule has 2 heteroatoms. The van der Waals surface area contributed by atoms with E-state index in [1.165, 1.54) is 44.5 Å². The fourth-order valence-electron chi connectivity index (χ4n) is 5.98. The highest BCUT2D eigenvalue weighted by Crippen LogP contribution is 2.57. The molecule has 0 spiro atoms. The van der Waals surface area contributed by atoms with Crippen molar-refractivity contribution in [3.05, 3.63) is 118 Å². The van der Waals surface area contributed by atoms with Crippen LogP contribution in [0.2, 0.25) is 0 Å². The van der Waals surface area contributed by atoms with E-state index in [1.807, 2.05) is 13.8 Å². The summed E-state index contributed by atoms with van der Waals surface area (Å²) >= 11 is 0. The topological polar surface area (TPSA) is 18.5 Å². The zero-order valence-electron chi connectivity index (χ0n) is 24.8. The molecule has 0 aliphatic heterocycles. The Hall–Kier alpha value is -3.52. The van der Waals surface area contributed by atoms with Crippen LogP contribution < -0.4 is 9.47 Å². The second-order valence-corrected chi connectivity index (χ2v) is 12.7. The Morgan fingerprint density at radius 1 is 0.513 bits per heavy atom. The predicted octanol–water partition coefficient (Wildman–Crippen LogP) is 9.44. The summed E-state index contributed by atoms with van der Waals surface area (Å²) in [7, 11) is 0. The minimum Gasteiger partial charge on any atom is -0.494 e. The van der Waals surface area contributed by atoms with Gasteiger partial charge in [0.2, 0.25) is 0 Å². The van der Waals surface area contributed by atoms with Crippen LogP contribution in [0.15, 0.2) is 84.9 Å². The van der Waals surface area contributed by atoms with E-state index >= 15 is 0 Å². The minimum atomic E-state index is -0.470. The molecular weight excluding hydrogens is 476 g/mol. The van der Waals surface area contributed by atoms with Gasteiger partial charge in [0.1, 0.15) is 11.5 Å². The Kier molecular flexibility index (Phi) is 6.87. The van der Waals surface area contributed by atoms with Crippen LogP contribution in [-0.2, 0) is 16.2 Å². The van der Waals surface area contributed by atoms with Crippen molar-refractivity contribution in [2.45, 2.75) is 71.6 Å². The fourth-order valence-corrected chi connectivity index (χ4v) is 5.98. The highest BCUT2D eigenvalue weighted by Gasteiger charge is 2.47. The quantitative estimate of drug-likeness (QED) is 0.223. The first kappa shape index (κ1) is 27.1. The summed E-state index contributed by atoms with van der Waals surface area (Å²) in [5.41, 5.74) is 10.0. The number of hydrogen-bond donors (Lipinski definition) is 0. The van der Waals surface area contributed by atoms with E-state index in [4.69, 9.17) is 9.47 Å². The number of benzene rings is 4. The van der Waals surface area contributed by atoms with Gasteiger partial charge in [0.15, 0.2) is 0 Å². The molecule has 0 heterocycles. The molecule has 39 heavy (non-hydrogen) atoms. The van der Waals surface area contributed by atoms with E-state index in [-0.39, 0.29) is 10.8 Å². The minimum absolute atomic E-state index is 0.0315. The van der Waals surface area contributed by atoms with Gasteiger partial charge in [0.05, 0.1) is 18.6 Å². The van der Waals surface area contributed by atoms with E-state index in [0.717, 1.165) is 11.5 Å². The fraction of sp³-hybridized carbons (Fsp3) is 0.351. The van der Waals surface area contributed by atoms with Crippen molar-refractivity contribution in [1.29, 1.82) is 0 Å². The Labute approximate surface area is 235 Å². The maximum atomic E-state index is 5.85. The summed E-state index contributed by atoms with van der Waals surface area (Å²) in [4.78, 5) is 0. The standard InChI is InChI=1S/C37H42O2/c1-9-38-29-17-11-25(12-18-29)37(26-13-19-30(20-14-26)39-10-2)33-23-27(35(3,4)5)15-21-31(33)32-22-16-28(24-34(32)37)36(6,7)8/h11-24H,9-10H2,1-8H3. The van der Waals surface area contributed by atoms with Crippen molar-refractivity contribution in [3.8, 4) is 22.6 Å². The molecule has 0 atom stereocenters. The number of hydrogen-bond acceptors (Lipinski definition) is 2. The molecule has 0 N–H and O–H groups in total. The molecule has 5 rings (SSSR count). The van der Waals surface area contributed by atoms with Gasteiger partial charge in [-0.3, -0.25) is 0 Å². The Morgan fingerprint density at radius 2 is 0.872 bits per heavy atom. The van der Waals surface area contributed by atoms with Crippen LogP contribution in [0.5, 0.6) is 11.5 Å². The Morgan fingerprint density at radius 3 is 1.18 bits per heavy atom. The molecule has 0 bridgehead atoms. The third kappa shape index (κ3) is 4.65. The number of fused-ring (bicyclic) bond motifs is 3. The van der Waals surface area contributed by atoms with Gasteiger partial charge in [-0.1, -0.05) is 102 Å². The van der Waals surface area contributed by atoms with Gasteiger partial charge in [-0.05, 0) is 93.5 Å². The molecule has 0 aromatic heterocycles. The molecular formula is C37H42O2. The Bertz CT molecular complexity index is 1350. The Balaban J connectivity index is 1.90. The first-order valence-electron chi connectivity index (χ1n) is 14.3. The van der Waals surface area contributed by atoms with Crippen molar-refractivity contribution < 1.29 is 9.47 Å². The molecule has 0 saturated heterocycles. The van der Waals surface area contributed by atoms with Crippen LogP contribution in [0.1, 0.15) is 88.8 Å².